The summed E-state index contributed by atoms with van der Waals surface area (Å²) >= 11 is 0. The largest absolute Gasteiger partial charge is 0.494 e. The highest BCUT2D eigenvalue weighted by Crippen LogP contribution is 2.24. The van der Waals surface area contributed by atoms with Gasteiger partial charge in [-0.1, -0.05) is 19.1 Å². The van der Waals surface area contributed by atoms with E-state index in [1.54, 1.807) is 12.1 Å². The van der Waals surface area contributed by atoms with Crippen LogP contribution in [0.25, 0.3) is 0 Å². The van der Waals surface area contributed by atoms with E-state index in [0.29, 0.717) is 43.2 Å². The second-order valence-corrected chi connectivity index (χ2v) is 5.30. The van der Waals surface area contributed by atoms with Gasteiger partial charge in [0.15, 0.2) is 0 Å². The monoisotopic (exact) mass is 331 g/mol. The number of para-hydroxylation sites is 2. The Labute approximate surface area is 141 Å². The number of rotatable bonds is 9. The van der Waals surface area contributed by atoms with Crippen LogP contribution in [0.5, 0.6) is 11.5 Å². The quantitative estimate of drug-likeness (QED) is 0.692. The second-order valence-electron chi connectivity index (χ2n) is 5.30. The third-order valence-electron chi connectivity index (χ3n) is 3.25. The summed E-state index contributed by atoms with van der Waals surface area (Å²) in [4.78, 5) is 12.0. The summed E-state index contributed by atoms with van der Waals surface area (Å²) in [5, 5.41) is 2.86. The highest BCUT2D eigenvalue weighted by Gasteiger charge is 2.07. The number of carbonyl (C=O) groups excluding carboxylic acids is 1. The summed E-state index contributed by atoms with van der Waals surface area (Å²) in [5.74, 6) is 0.876. The predicted molar refractivity (Wildman–Crippen MR) is 92.0 cm³/mol. The van der Waals surface area contributed by atoms with E-state index in [1.807, 2.05) is 31.2 Å². The fraction of sp³-hybridized carbons (Fsp3) is 0.316. The average Bonchev–Trinajstić information content (AvgIpc) is 2.59. The highest BCUT2D eigenvalue weighted by molar-refractivity contribution is 5.92. The summed E-state index contributed by atoms with van der Waals surface area (Å²) < 4.78 is 23.9. The van der Waals surface area contributed by atoms with Gasteiger partial charge in [0.2, 0.25) is 5.91 Å². The number of hydrogen-bond donors (Lipinski definition) is 1. The van der Waals surface area contributed by atoms with Crippen molar-refractivity contribution in [2.75, 3.05) is 18.5 Å². The number of nitrogens with one attached hydrogen (secondary N) is 1. The van der Waals surface area contributed by atoms with Crippen molar-refractivity contribution in [3.05, 3.63) is 54.3 Å². The van der Waals surface area contributed by atoms with Gasteiger partial charge in [0.1, 0.15) is 17.3 Å². The first-order valence-electron chi connectivity index (χ1n) is 8.09. The molecule has 1 amide bonds. The van der Waals surface area contributed by atoms with Gasteiger partial charge in [-0.25, -0.2) is 4.39 Å². The zero-order valence-corrected chi connectivity index (χ0v) is 13.8. The van der Waals surface area contributed by atoms with Crippen LogP contribution in [0, 0.1) is 5.82 Å². The molecule has 0 spiro atoms. The smallest absolute Gasteiger partial charge is 0.224 e. The minimum Gasteiger partial charge on any atom is -0.494 e. The fourth-order valence-corrected chi connectivity index (χ4v) is 2.07. The lowest BCUT2D eigenvalue weighted by atomic mass is 10.2. The zero-order valence-electron chi connectivity index (χ0n) is 13.8. The minimum atomic E-state index is -0.300. The number of anilines is 1. The van der Waals surface area contributed by atoms with E-state index in [0.717, 1.165) is 6.42 Å². The number of amides is 1. The molecule has 2 aromatic carbocycles. The third kappa shape index (κ3) is 5.91. The molecule has 5 heteroatoms. The van der Waals surface area contributed by atoms with Gasteiger partial charge in [-0.3, -0.25) is 4.79 Å². The average molecular weight is 331 g/mol. The van der Waals surface area contributed by atoms with Crippen LogP contribution in [0.3, 0.4) is 0 Å². The lowest BCUT2D eigenvalue weighted by Crippen LogP contribution is -2.13. The Bertz CT molecular complexity index is 643. The molecular weight excluding hydrogens is 309 g/mol. The first-order chi connectivity index (χ1) is 11.7. The molecule has 0 saturated carbocycles. The summed E-state index contributed by atoms with van der Waals surface area (Å²) in [6, 6.07) is 13.2. The molecule has 0 saturated heterocycles. The molecule has 2 rings (SSSR count). The van der Waals surface area contributed by atoms with E-state index in [1.165, 1.54) is 12.1 Å². The number of carbonyl (C=O) groups is 1. The third-order valence-corrected chi connectivity index (χ3v) is 3.25. The molecule has 0 aliphatic heterocycles. The van der Waals surface area contributed by atoms with Gasteiger partial charge >= 0.3 is 0 Å². The van der Waals surface area contributed by atoms with E-state index in [9.17, 15) is 9.18 Å². The number of benzene rings is 2. The van der Waals surface area contributed by atoms with Crippen LogP contribution in [-0.2, 0) is 4.79 Å². The summed E-state index contributed by atoms with van der Waals surface area (Å²) in [5.41, 5.74) is 0.676. The Morgan fingerprint density at radius 3 is 2.54 bits per heavy atom. The lowest BCUT2D eigenvalue weighted by molar-refractivity contribution is -0.116. The molecule has 0 heterocycles. The Hall–Kier alpha value is -2.56. The van der Waals surface area contributed by atoms with Crippen LogP contribution in [-0.4, -0.2) is 19.1 Å². The topological polar surface area (TPSA) is 47.6 Å². The molecule has 0 aliphatic carbocycles. The van der Waals surface area contributed by atoms with Crippen LogP contribution in [0.1, 0.15) is 26.2 Å². The highest BCUT2D eigenvalue weighted by atomic mass is 19.1. The molecule has 4 nitrogen and oxygen atoms in total. The van der Waals surface area contributed by atoms with E-state index in [-0.39, 0.29) is 11.7 Å². The van der Waals surface area contributed by atoms with Gasteiger partial charge in [0, 0.05) is 6.42 Å². The molecule has 1 N–H and O–H groups in total. The van der Waals surface area contributed by atoms with Crippen LogP contribution in [0.4, 0.5) is 10.1 Å². The minimum absolute atomic E-state index is 0.0924. The summed E-state index contributed by atoms with van der Waals surface area (Å²) in [6.45, 7) is 3.04. The van der Waals surface area contributed by atoms with Gasteiger partial charge in [0.05, 0.1) is 18.9 Å². The number of halogens is 1. The van der Waals surface area contributed by atoms with Crippen molar-refractivity contribution in [1.82, 2.24) is 0 Å². The fourth-order valence-electron chi connectivity index (χ4n) is 2.07. The van der Waals surface area contributed by atoms with Gasteiger partial charge in [0.25, 0.3) is 0 Å². The van der Waals surface area contributed by atoms with Crippen LogP contribution < -0.4 is 14.8 Å². The van der Waals surface area contributed by atoms with Crippen molar-refractivity contribution < 1.29 is 18.7 Å². The molecule has 0 atom stereocenters. The summed E-state index contributed by atoms with van der Waals surface area (Å²) in [7, 11) is 0. The van der Waals surface area contributed by atoms with Gasteiger partial charge in [-0.05, 0) is 49.2 Å². The second kappa shape index (κ2) is 9.55. The molecule has 0 radical (unpaired) electrons. The Morgan fingerprint density at radius 2 is 1.79 bits per heavy atom. The molecule has 0 aromatic heterocycles. The van der Waals surface area contributed by atoms with Crippen molar-refractivity contribution in [3.8, 4) is 11.5 Å². The molecule has 0 unspecified atom stereocenters. The molecule has 0 fully saturated rings. The molecular formula is C19H22FNO3. The maximum Gasteiger partial charge on any atom is 0.224 e. The van der Waals surface area contributed by atoms with Crippen LogP contribution in [0.15, 0.2) is 48.5 Å². The predicted octanol–water partition coefficient (Wildman–Crippen LogP) is 4.41. The maximum atomic E-state index is 12.8. The molecule has 0 bridgehead atoms. The molecule has 0 aliphatic rings. The Kier molecular flexibility index (Phi) is 7.08. The van der Waals surface area contributed by atoms with E-state index in [2.05, 4.69) is 5.32 Å². The summed E-state index contributed by atoms with van der Waals surface area (Å²) in [6.07, 6.45) is 1.81. The van der Waals surface area contributed by atoms with Crippen molar-refractivity contribution in [1.29, 1.82) is 0 Å². The zero-order chi connectivity index (χ0) is 17.2. The molecule has 128 valence electrons. The van der Waals surface area contributed by atoms with E-state index >= 15 is 0 Å². The van der Waals surface area contributed by atoms with Crippen LogP contribution >= 0.6 is 0 Å². The van der Waals surface area contributed by atoms with Crippen molar-refractivity contribution in [2.45, 2.75) is 26.2 Å². The Morgan fingerprint density at radius 1 is 1.04 bits per heavy atom. The van der Waals surface area contributed by atoms with E-state index in [4.69, 9.17) is 9.47 Å². The SMILES string of the molecule is CCCOc1ccccc1NC(=O)CCCOc1ccc(F)cc1. The van der Waals surface area contributed by atoms with Gasteiger partial charge < -0.3 is 14.8 Å². The van der Waals surface area contributed by atoms with Gasteiger partial charge in [-0.2, -0.15) is 0 Å². The van der Waals surface area contributed by atoms with Crippen molar-refractivity contribution in [2.24, 2.45) is 0 Å². The van der Waals surface area contributed by atoms with Crippen LogP contribution in [0.2, 0.25) is 0 Å². The van der Waals surface area contributed by atoms with Gasteiger partial charge in [-0.15, -0.1) is 0 Å². The maximum absolute atomic E-state index is 12.8. The number of hydrogen-bond acceptors (Lipinski definition) is 3. The standard InChI is InChI=1S/C19H22FNO3/c1-2-13-24-18-7-4-3-6-17(18)21-19(22)8-5-14-23-16-11-9-15(20)10-12-16/h3-4,6-7,9-12H,2,5,8,13-14H2,1H3,(H,21,22). The van der Waals surface area contributed by atoms with Crippen molar-refractivity contribution >= 4 is 11.6 Å². The normalized spacial score (nSPS) is 10.2. The Balaban J connectivity index is 1.74. The lowest BCUT2D eigenvalue weighted by Gasteiger charge is -2.12. The first-order valence-corrected chi connectivity index (χ1v) is 8.09. The molecule has 24 heavy (non-hydrogen) atoms. The first kappa shape index (κ1) is 17.8. The van der Waals surface area contributed by atoms with Crippen molar-refractivity contribution in [3.63, 3.8) is 0 Å². The van der Waals surface area contributed by atoms with E-state index < -0.39 is 0 Å². The molecule has 2 aromatic rings. The number of ether oxygens (including phenoxy) is 2.